The Morgan fingerprint density at radius 2 is 1.89 bits per heavy atom. The molecule has 104 valence electrons. The second-order valence-corrected chi connectivity index (χ2v) is 4.87. The smallest absolute Gasteiger partial charge is 0.134 e. The second-order valence-electron chi connectivity index (χ2n) is 4.87. The van der Waals surface area contributed by atoms with E-state index >= 15 is 0 Å². The number of ether oxygens (including phenoxy) is 1. The van der Waals surface area contributed by atoms with Crippen molar-refractivity contribution in [1.82, 2.24) is 0 Å². The maximum Gasteiger partial charge on any atom is 0.134 e. The highest BCUT2D eigenvalue weighted by molar-refractivity contribution is 5.77. The molecule has 2 rings (SSSR count). The van der Waals surface area contributed by atoms with Crippen molar-refractivity contribution in [2.24, 2.45) is 5.73 Å². The summed E-state index contributed by atoms with van der Waals surface area (Å²) in [6.45, 7) is 6.89. The van der Waals surface area contributed by atoms with Crippen LogP contribution in [-0.2, 0) is 4.74 Å². The lowest BCUT2D eigenvalue weighted by molar-refractivity contribution is -0.0682. The third kappa shape index (κ3) is 2.53. The van der Waals surface area contributed by atoms with Gasteiger partial charge in [-0.15, -0.1) is 0 Å². The molecule has 3 heteroatoms. The van der Waals surface area contributed by atoms with Crippen LogP contribution in [0.15, 0.2) is 34.7 Å². The molecule has 1 aromatic carbocycles. The first-order chi connectivity index (χ1) is 9.16. The number of rotatable bonds is 6. The minimum atomic E-state index is -0.345. The van der Waals surface area contributed by atoms with Crippen LogP contribution in [-0.4, -0.2) is 12.2 Å². The van der Waals surface area contributed by atoms with Gasteiger partial charge >= 0.3 is 0 Å². The molecule has 1 aromatic heterocycles. The summed E-state index contributed by atoms with van der Waals surface area (Å²) in [4.78, 5) is 0. The standard InChI is InChI=1S/C16H23NO2/c1-4-16(5-2,18-6-3)15(17)14-11-12-9-7-8-10-13(12)19-14/h7-11,15H,4-6,17H2,1-3H3. The number of nitrogens with two attached hydrogens (primary N) is 1. The molecule has 0 aliphatic carbocycles. The minimum absolute atomic E-state index is 0.241. The fourth-order valence-electron chi connectivity index (χ4n) is 2.69. The van der Waals surface area contributed by atoms with Crippen molar-refractivity contribution in [2.75, 3.05) is 6.61 Å². The first kappa shape index (κ1) is 14.1. The van der Waals surface area contributed by atoms with Gasteiger partial charge in [-0.05, 0) is 31.9 Å². The van der Waals surface area contributed by atoms with Gasteiger partial charge in [-0.1, -0.05) is 32.0 Å². The van der Waals surface area contributed by atoms with Crippen LogP contribution in [0.4, 0.5) is 0 Å². The van der Waals surface area contributed by atoms with E-state index < -0.39 is 0 Å². The normalized spacial score (nSPS) is 13.9. The molecule has 3 nitrogen and oxygen atoms in total. The quantitative estimate of drug-likeness (QED) is 0.854. The number of hydrogen-bond donors (Lipinski definition) is 1. The summed E-state index contributed by atoms with van der Waals surface area (Å²) >= 11 is 0. The lowest BCUT2D eigenvalue weighted by Gasteiger charge is -2.36. The molecule has 1 heterocycles. The highest BCUT2D eigenvalue weighted by Gasteiger charge is 2.37. The topological polar surface area (TPSA) is 48.4 Å². The fraction of sp³-hybridized carbons (Fsp3) is 0.500. The van der Waals surface area contributed by atoms with Gasteiger partial charge < -0.3 is 14.9 Å². The fourth-order valence-corrected chi connectivity index (χ4v) is 2.69. The molecule has 0 spiro atoms. The van der Waals surface area contributed by atoms with Crippen LogP contribution in [0.25, 0.3) is 11.0 Å². The third-order valence-corrected chi connectivity index (χ3v) is 3.95. The van der Waals surface area contributed by atoms with Crippen molar-refractivity contribution in [3.8, 4) is 0 Å². The van der Waals surface area contributed by atoms with E-state index in [1.807, 2.05) is 37.3 Å². The van der Waals surface area contributed by atoms with Gasteiger partial charge in [0.1, 0.15) is 11.3 Å². The molecular formula is C16H23NO2. The number of hydrogen-bond acceptors (Lipinski definition) is 3. The van der Waals surface area contributed by atoms with E-state index in [0.29, 0.717) is 6.61 Å². The Morgan fingerprint density at radius 3 is 2.47 bits per heavy atom. The predicted molar refractivity (Wildman–Crippen MR) is 78.1 cm³/mol. The van der Waals surface area contributed by atoms with Crippen LogP contribution in [0, 0.1) is 0 Å². The van der Waals surface area contributed by atoms with Crippen LogP contribution >= 0.6 is 0 Å². The summed E-state index contributed by atoms with van der Waals surface area (Å²) in [5.41, 5.74) is 6.96. The van der Waals surface area contributed by atoms with E-state index in [2.05, 4.69) is 13.8 Å². The number of benzene rings is 1. The number of fused-ring (bicyclic) bond motifs is 1. The van der Waals surface area contributed by atoms with Crippen LogP contribution < -0.4 is 5.73 Å². The molecule has 0 saturated carbocycles. The third-order valence-electron chi connectivity index (χ3n) is 3.95. The number of para-hydroxylation sites is 1. The van der Waals surface area contributed by atoms with Crippen molar-refractivity contribution in [3.63, 3.8) is 0 Å². The molecule has 0 amide bonds. The Morgan fingerprint density at radius 1 is 1.21 bits per heavy atom. The summed E-state index contributed by atoms with van der Waals surface area (Å²) in [5.74, 6) is 0.804. The Hall–Kier alpha value is -1.32. The zero-order valence-corrected chi connectivity index (χ0v) is 12.0. The maximum absolute atomic E-state index is 6.43. The van der Waals surface area contributed by atoms with Gasteiger partial charge in [0, 0.05) is 12.0 Å². The van der Waals surface area contributed by atoms with E-state index in [-0.39, 0.29) is 11.6 Å². The first-order valence-corrected chi connectivity index (χ1v) is 7.04. The Kier molecular flexibility index (Phi) is 4.27. The SMILES string of the molecule is CCOC(CC)(CC)C(N)c1cc2ccccc2o1. The van der Waals surface area contributed by atoms with Gasteiger partial charge in [0.15, 0.2) is 0 Å². The van der Waals surface area contributed by atoms with Crippen LogP contribution in [0.3, 0.4) is 0 Å². The first-order valence-electron chi connectivity index (χ1n) is 7.04. The Balaban J connectivity index is 2.37. The average molecular weight is 261 g/mol. The van der Waals surface area contributed by atoms with Crippen LogP contribution in [0.2, 0.25) is 0 Å². The molecule has 0 fully saturated rings. The molecule has 1 atom stereocenters. The van der Waals surface area contributed by atoms with Crippen molar-refractivity contribution in [2.45, 2.75) is 45.3 Å². The summed E-state index contributed by atoms with van der Waals surface area (Å²) in [5, 5.41) is 1.09. The van der Waals surface area contributed by atoms with Crippen molar-refractivity contribution < 1.29 is 9.15 Å². The minimum Gasteiger partial charge on any atom is -0.459 e. The molecule has 2 N–H and O–H groups in total. The average Bonchev–Trinajstić information content (AvgIpc) is 2.88. The number of furan rings is 1. The van der Waals surface area contributed by atoms with Crippen LogP contribution in [0.5, 0.6) is 0 Å². The van der Waals surface area contributed by atoms with Gasteiger partial charge in [-0.25, -0.2) is 0 Å². The molecule has 0 bridgehead atoms. The highest BCUT2D eigenvalue weighted by atomic mass is 16.5. The molecule has 0 saturated heterocycles. The van der Waals surface area contributed by atoms with Gasteiger partial charge in [0.25, 0.3) is 0 Å². The molecule has 19 heavy (non-hydrogen) atoms. The highest BCUT2D eigenvalue weighted by Crippen LogP contribution is 2.35. The maximum atomic E-state index is 6.43. The van der Waals surface area contributed by atoms with Gasteiger partial charge in [-0.2, -0.15) is 0 Å². The molecule has 0 aliphatic rings. The predicted octanol–water partition coefficient (Wildman–Crippen LogP) is 4.03. The van der Waals surface area contributed by atoms with E-state index in [1.165, 1.54) is 0 Å². The zero-order valence-electron chi connectivity index (χ0n) is 12.0. The van der Waals surface area contributed by atoms with E-state index in [1.54, 1.807) is 0 Å². The van der Waals surface area contributed by atoms with Gasteiger partial charge in [0.05, 0.1) is 11.6 Å². The van der Waals surface area contributed by atoms with Gasteiger partial charge in [-0.3, -0.25) is 0 Å². The Bertz CT molecular complexity index is 495. The summed E-state index contributed by atoms with van der Waals surface area (Å²) in [6, 6.07) is 9.76. The molecule has 0 aliphatic heterocycles. The van der Waals surface area contributed by atoms with E-state index in [4.69, 9.17) is 14.9 Å². The summed E-state index contributed by atoms with van der Waals surface area (Å²) < 4.78 is 11.8. The second kappa shape index (κ2) is 5.76. The van der Waals surface area contributed by atoms with Crippen molar-refractivity contribution >= 4 is 11.0 Å². The monoisotopic (exact) mass is 261 g/mol. The van der Waals surface area contributed by atoms with E-state index in [0.717, 1.165) is 29.6 Å². The van der Waals surface area contributed by atoms with Gasteiger partial charge in [0.2, 0.25) is 0 Å². The van der Waals surface area contributed by atoms with Crippen molar-refractivity contribution in [1.29, 1.82) is 0 Å². The molecule has 2 aromatic rings. The summed E-state index contributed by atoms with van der Waals surface area (Å²) in [7, 11) is 0. The lowest BCUT2D eigenvalue weighted by atomic mass is 9.87. The zero-order chi connectivity index (χ0) is 13.9. The van der Waals surface area contributed by atoms with Crippen LogP contribution in [0.1, 0.15) is 45.4 Å². The Labute approximate surface area is 114 Å². The van der Waals surface area contributed by atoms with E-state index in [9.17, 15) is 0 Å². The molecule has 0 radical (unpaired) electrons. The largest absolute Gasteiger partial charge is 0.459 e. The summed E-state index contributed by atoms with van der Waals surface area (Å²) in [6.07, 6.45) is 1.74. The molecular weight excluding hydrogens is 238 g/mol. The van der Waals surface area contributed by atoms with Crippen molar-refractivity contribution in [3.05, 3.63) is 36.1 Å². The molecule has 1 unspecified atom stereocenters. The lowest BCUT2D eigenvalue weighted by Crippen LogP contribution is -2.42.